The van der Waals surface area contributed by atoms with Crippen molar-refractivity contribution in [2.75, 3.05) is 5.43 Å². The smallest absolute Gasteiger partial charge is 0.203 e. The number of hydrogen-bond donors (Lipinski definition) is 2. The molecule has 2 N–H and O–H groups in total. The lowest BCUT2D eigenvalue weighted by Gasteiger charge is -2.06. The third kappa shape index (κ3) is 3.02. The zero-order valence-electron chi connectivity index (χ0n) is 10.8. The standard InChI is InChI=1S/C14H14BrN3OS/c15-10-5-6-12(19)9(7-10)8-16-18-14-17-11-3-1-2-4-13(11)20-14/h5-8,19H,1-4H2,(H,17,18)/b16-8+. The van der Waals surface area contributed by atoms with Gasteiger partial charge in [0, 0.05) is 14.9 Å². The Morgan fingerprint density at radius 3 is 3.05 bits per heavy atom. The van der Waals surface area contributed by atoms with Crippen LogP contribution in [0.2, 0.25) is 0 Å². The minimum atomic E-state index is 0.206. The monoisotopic (exact) mass is 351 g/mol. The van der Waals surface area contributed by atoms with Crippen LogP contribution in [-0.4, -0.2) is 16.3 Å². The van der Waals surface area contributed by atoms with Gasteiger partial charge in [0.15, 0.2) is 0 Å². The number of aromatic nitrogens is 1. The molecule has 0 amide bonds. The maximum Gasteiger partial charge on any atom is 0.203 e. The lowest BCUT2D eigenvalue weighted by Crippen LogP contribution is -1.99. The number of nitrogens with zero attached hydrogens (tertiary/aromatic N) is 2. The van der Waals surface area contributed by atoms with Crippen LogP contribution < -0.4 is 5.43 Å². The number of aromatic hydroxyl groups is 1. The number of hydrogen-bond acceptors (Lipinski definition) is 5. The van der Waals surface area contributed by atoms with Crippen molar-refractivity contribution >= 4 is 38.6 Å². The van der Waals surface area contributed by atoms with Crippen molar-refractivity contribution in [1.29, 1.82) is 0 Å². The SMILES string of the molecule is Oc1ccc(Br)cc1/C=N/Nc1nc2c(s1)CCCC2. The normalized spacial score (nSPS) is 14.4. The van der Waals surface area contributed by atoms with Crippen molar-refractivity contribution in [3.8, 4) is 5.75 Å². The Morgan fingerprint density at radius 2 is 2.20 bits per heavy atom. The summed E-state index contributed by atoms with van der Waals surface area (Å²) >= 11 is 5.04. The van der Waals surface area contributed by atoms with E-state index in [0.29, 0.717) is 5.56 Å². The van der Waals surface area contributed by atoms with Gasteiger partial charge in [-0.1, -0.05) is 15.9 Å². The van der Waals surface area contributed by atoms with Gasteiger partial charge in [-0.2, -0.15) is 5.10 Å². The first-order valence-electron chi connectivity index (χ1n) is 6.48. The molecule has 0 radical (unpaired) electrons. The molecule has 104 valence electrons. The molecule has 0 fully saturated rings. The Labute approximate surface area is 129 Å². The van der Waals surface area contributed by atoms with Gasteiger partial charge in [-0.3, -0.25) is 5.43 Å². The zero-order valence-corrected chi connectivity index (χ0v) is 13.2. The van der Waals surface area contributed by atoms with Gasteiger partial charge < -0.3 is 5.11 Å². The highest BCUT2D eigenvalue weighted by molar-refractivity contribution is 9.10. The minimum absolute atomic E-state index is 0.206. The van der Waals surface area contributed by atoms with Gasteiger partial charge in [0.05, 0.1) is 11.9 Å². The number of halogens is 1. The van der Waals surface area contributed by atoms with E-state index in [-0.39, 0.29) is 5.75 Å². The van der Waals surface area contributed by atoms with Crippen molar-refractivity contribution in [1.82, 2.24) is 4.98 Å². The number of nitrogens with one attached hydrogen (secondary N) is 1. The van der Waals surface area contributed by atoms with Gasteiger partial charge in [-0.05, 0) is 43.9 Å². The van der Waals surface area contributed by atoms with Crippen molar-refractivity contribution in [3.05, 3.63) is 38.8 Å². The second kappa shape index (κ2) is 5.93. The number of phenols is 1. The van der Waals surface area contributed by atoms with Crippen molar-refractivity contribution in [2.45, 2.75) is 25.7 Å². The fraction of sp³-hybridized carbons (Fsp3) is 0.286. The van der Waals surface area contributed by atoms with Crippen LogP contribution >= 0.6 is 27.3 Å². The average Bonchev–Trinajstić information content (AvgIpc) is 2.85. The van der Waals surface area contributed by atoms with Gasteiger partial charge in [0.2, 0.25) is 5.13 Å². The van der Waals surface area contributed by atoms with E-state index in [1.807, 2.05) is 6.07 Å². The molecule has 3 rings (SSSR count). The second-order valence-corrected chi connectivity index (χ2v) is 6.67. The van der Waals surface area contributed by atoms with E-state index < -0.39 is 0 Å². The maximum atomic E-state index is 9.71. The molecule has 0 atom stereocenters. The van der Waals surface area contributed by atoms with Gasteiger partial charge in [-0.25, -0.2) is 4.98 Å². The average molecular weight is 352 g/mol. The second-order valence-electron chi connectivity index (χ2n) is 4.67. The fourth-order valence-corrected chi connectivity index (χ4v) is 3.56. The van der Waals surface area contributed by atoms with E-state index in [1.54, 1.807) is 29.7 Å². The number of benzene rings is 1. The summed E-state index contributed by atoms with van der Waals surface area (Å²) in [6, 6.07) is 5.23. The van der Waals surface area contributed by atoms with Gasteiger partial charge in [0.1, 0.15) is 5.75 Å². The summed E-state index contributed by atoms with van der Waals surface area (Å²) in [5.74, 6) is 0.206. The summed E-state index contributed by atoms with van der Waals surface area (Å²) in [5.41, 5.74) is 4.82. The first-order valence-corrected chi connectivity index (χ1v) is 8.09. The summed E-state index contributed by atoms with van der Waals surface area (Å²) in [6.45, 7) is 0. The zero-order chi connectivity index (χ0) is 13.9. The Balaban J connectivity index is 1.71. The predicted octanol–water partition coefficient (Wildman–Crippen LogP) is 3.94. The molecule has 0 unspecified atom stereocenters. The van der Waals surface area contributed by atoms with E-state index in [0.717, 1.165) is 22.4 Å². The summed E-state index contributed by atoms with van der Waals surface area (Å²) in [5, 5.41) is 14.7. The number of aryl methyl sites for hydroxylation is 2. The molecule has 0 saturated carbocycles. The largest absolute Gasteiger partial charge is 0.507 e. The molecule has 1 aromatic heterocycles. The summed E-state index contributed by atoms with van der Waals surface area (Å²) in [4.78, 5) is 5.92. The summed E-state index contributed by atoms with van der Waals surface area (Å²) in [6.07, 6.45) is 6.28. The highest BCUT2D eigenvalue weighted by Crippen LogP contribution is 2.29. The molecule has 1 aliphatic rings. The van der Waals surface area contributed by atoms with Crippen LogP contribution in [0.3, 0.4) is 0 Å². The van der Waals surface area contributed by atoms with E-state index in [4.69, 9.17) is 0 Å². The summed E-state index contributed by atoms with van der Waals surface area (Å²) in [7, 11) is 0. The number of anilines is 1. The molecule has 2 aromatic rings. The number of thiazole rings is 1. The molecule has 20 heavy (non-hydrogen) atoms. The number of hydrazone groups is 1. The molecule has 1 aliphatic carbocycles. The third-order valence-corrected chi connectivity index (χ3v) is 4.75. The highest BCUT2D eigenvalue weighted by atomic mass is 79.9. The minimum Gasteiger partial charge on any atom is -0.507 e. The van der Waals surface area contributed by atoms with Crippen LogP contribution in [0, 0.1) is 0 Å². The van der Waals surface area contributed by atoms with E-state index in [2.05, 4.69) is 31.4 Å². The topological polar surface area (TPSA) is 57.5 Å². The van der Waals surface area contributed by atoms with Crippen molar-refractivity contribution < 1.29 is 5.11 Å². The molecule has 6 heteroatoms. The van der Waals surface area contributed by atoms with E-state index in [9.17, 15) is 5.11 Å². The van der Waals surface area contributed by atoms with Gasteiger partial charge >= 0.3 is 0 Å². The molecule has 0 saturated heterocycles. The Bertz CT molecular complexity index is 630. The van der Waals surface area contributed by atoms with E-state index in [1.165, 1.54) is 23.4 Å². The van der Waals surface area contributed by atoms with E-state index >= 15 is 0 Å². The predicted molar refractivity (Wildman–Crippen MR) is 85.8 cm³/mol. The quantitative estimate of drug-likeness (QED) is 0.650. The molecule has 0 spiro atoms. The molecule has 1 heterocycles. The molecule has 0 aliphatic heterocycles. The Kier molecular flexibility index (Phi) is 4.03. The molecular formula is C14H14BrN3OS. The van der Waals surface area contributed by atoms with Crippen LogP contribution in [0.4, 0.5) is 5.13 Å². The first kappa shape index (κ1) is 13.6. The van der Waals surface area contributed by atoms with Crippen LogP contribution in [-0.2, 0) is 12.8 Å². The maximum absolute atomic E-state index is 9.71. The third-order valence-electron chi connectivity index (χ3n) is 3.20. The van der Waals surface area contributed by atoms with Crippen molar-refractivity contribution in [3.63, 3.8) is 0 Å². The Hall–Kier alpha value is -1.40. The summed E-state index contributed by atoms with van der Waals surface area (Å²) < 4.78 is 0.904. The lowest BCUT2D eigenvalue weighted by atomic mass is 10.0. The molecule has 1 aromatic carbocycles. The Morgan fingerprint density at radius 1 is 1.35 bits per heavy atom. The fourth-order valence-electron chi connectivity index (χ4n) is 2.19. The molecule has 4 nitrogen and oxygen atoms in total. The first-order chi connectivity index (χ1) is 9.72. The van der Waals surface area contributed by atoms with Crippen molar-refractivity contribution in [2.24, 2.45) is 5.10 Å². The molecule has 0 bridgehead atoms. The van der Waals surface area contributed by atoms with Crippen LogP contribution in [0.1, 0.15) is 29.0 Å². The van der Waals surface area contributed by atoms with Crippen LogP contribution in [0.25, 0.3) is 0 Å². The van der Waals surface area contributed by atoms with Crippen LogP contribution in [0.15, 0.2) is 27.8 Å². The number of phenolic OH excluding ortho intramolecular Hbond substituents is 1. The van der Waals surface area contributed by atoms with Crippen LogP contribution in [0.5, 0.6) is 5.75 Å². The number of rotatable bonds is 3. The van der Waals surface area contributed by atoms with Gasteiger partial charge in [-0.15, -0.1) is 11.3 Å². The molecular weight excluding hydrogens is 338 g/mol. The highest BCUT2D eigenvalue weighted by Gasteiger charge is 2.14. The lowest BCUT2D eigenvalue weighted by molar-refractivity contribution is 0.474. The van der Waals surface area contributed by atoms with Gasteiger partial charge in [0.25, 0.3) is 0 Å². The number of fused-ring (bicyclic) bond motifs is 1.